The number of imidazole rings is 1. The van der Waals surface area contributed by atoms with Crippen molar-refractivity contribution >= 4 is 11.8 Å². The second-order valence-corrected chi connectivity index (χ2v) is 7.30. The number of benzene rings is 2. The second kappa shape index (κ2) is 8.82. The molecule has 0 bridgehead atoms. The van der Waals surface area contributed by atoms with Crippen molar-refractivity contribution in [3.05, 3.63) is 78.4 Å². The first kappa shape index (κ1) is 19.7. The van der Waals surface area contributed by atoms with Crippen LogP contribution < -0.4 is 10.1 Å². The molecule has 3 aromatic rings. The maximum Gasteiger partial charge on any atom is 0.225 e. The van der Waals surface area contributed by atoms with Crippen molar-refractivity contribution < 1.29 is 14.3 Å². The molecule has 1 aliphatic heterocycles. The summed E-state index contributed by atoms with van der Waals surface area (Å²) < 4.78 is 7.28. The lowest BCUT2D eigenvalue weighted by Gasteiger charge is -2.18. The van der Waals surface area contributed by atoms with Crippen LogP contribution >= 0.6 is 0 Å². The van der Waals surface area contributed by atoms with E-state index in [0.717, 1.165) is 22.6 Å². The van der Waals surface area contributed by atoms with Gasteiger partial charge in [0.15, 0.2) is 0 Å². The highest BCUT2D eigenvalue weighted by atomic mass is 16.5. The van der Waals surface area contributed by atoms with Crippen LogP contribution in [0.15, 0.2) is 67.3 Å². The zero-order valence-corrected chi connectivity index (χ0v) is 16.8. The number of carbonyl (C=O) groups is 2. The van der Waals surface area contributed by atoms with Crippen molar-refractivity contribution in [3.63, 3.8) is 0 Å². The van der Waals surface area contributed by atoms with Gasteiger partial charge in [-0.2, -0.15) is 0 Å². The molecule has 7 nitrogen and oxygen atoms in total. The van der Waals surface area contributed by atoms with Crippen LogP contribution in [0.4, 0.5) is 0 Å². The van der Waals surface area contributed by atoms with E-state index in [2.05, 4.69) is 10.3 Å². The predicted molar refractivity (Wildman–Crippen MR) is 112 cm³/mol. The molecule has 0 aliphatic carbocycles. The van der Waals surface area contributed by atoms with E-state index < -0.39 is 0 Å². The molecule has 2 amide bonds. The number of likely N-dealkylation sites (tertiary alicyclic amines) is 1. The third-order valence-electron chi connectivity index (χ3n) is 5.37. The Labute approximate surface area is 175 Å². The number of ether oxygens (including phenoxy) is 1. The van der Waals surface area contributed by atoms with Crippen LogP contribution in [-0.4, -0.2) is 39.9 Å². The summed E-state index contributed by atoms with van der Waals surface area (Å²) in [6, 6.07) is 15.5. The number of hydrogen-bond donors (Lipinski definition) is 1. The number of rotatable bonds is 7. The number of aromatic nitrogens is 2. The summed E-state index contributed by atoms with van der Waals surface area (Å²) >= 11 is 0. The van der Waals surface area contributed by atoms with Crippen LogP contribution in [0.25, 0.3) is 5.69 Å². The lowest BCUT2D eigenvalue weighted by Crippen LogP contribution is -2.32. The van der Waals surface area contributed by atoms with E-state index in [1.807, 2.05) is 59.3 Å². The van der Waals surface area contributed by atoms with Gasteiger partial charge in [0.05, 0.1) is 25.0 Å². The highest BCUT2D eigenvalue weighted by molar-refractivity contribution is 5.89. The Morgan fingerprint density at radius 3 is 2.70 bits per heavy atom. The van der Waals surface area contributed by atoms with Crippen molar-refractivity contribution in [3.8, 4) is 11.4 Å². The standard InChI is InChI=1S/C23H24N4O3/c1-30-21-9-5-3-7-18(21)14-27-15-19(12-22(27)28)23(29)25-13-17-6-2-4-8-20(17)26-11-10-24-16-26/h2-11,16,19H,12-15H2,1H3,(H,25,29). The SMILES string of the molecule is COc1ccccc1CN1CC(C(=O)NCc2ccccc2-n2ccnc2)CC1=O. The smallest absolute Gasteiger partial charge is 0.225 e. The molecule has 1 saturated heterocycles. The zero-order valence-electron chi connectivity index (χ0n) is 16.8. The third kappa shape index (κ3) is 4.20. The zero-order chi connectivity index (χ0) is 20.9. The van der Waals surface area contributed by atoms with Crippen molar-refractivity contribution in [1.82, 2.24) is 19.8 Å². The van der Waals surface area contributed by atoms with Crippen LogP contribution in [0.3, 0.4) is 0 Å². The fraction of sp³-hybridized carbons (Fsp3) is 0.261. The molecule has 2 aromatic carbocycles. The summed E-state index contributed by atoms with van der Waals surface area (Å²) in [6.45, 7) is 1.24. The fourth-order valence-electron chi connectivity index (χ4n) is 3.78. The normalized spacial score (nSPS) is 16.0. The maximum atomic E-state index is 12.7. The highest BCUT2D eigenvalue weighted by Crippen LogP contribution is 2.25. The average molecular weight is 404 g/mol. The molecule has 1 fully saturated rings. The van der Waals surface area contributed by atoms with Crippen LogP contribution in [0.5, 0.6) is 5.75 Å². The summed E-state index contributed by atoms with van der Waals surface area (Å²) in [5.41, 5.74) is 2.89. The molecule has 0 radical (unpaired) electrons. The van der Waals surface area contributed by atoms with E-state index in [0.29, 0.717) is 19.6 Å². The fourth-order valence-corrected chi connectivity index (χ4v) is 3.78. The van der Waals surface area contributed by atoms with Gasteiger partial charge < -0.3 is 19.5 Å². The molecule has 0 saturated carbocycles. The number of nitrogens with one attached hydrogen (secondary N) is 1. The molecule has 1 unspecified atom stereocenters. The van der Waals surface area contributed by atoms with Crippen molar-refractivity contribution in [2.45, 2.75) is 19.5 Å². The van der Waals surface area contributed by atoms with E-state index >= 15 is 0 Å². The third-order valence-corrected chi connectivity index (χ3v) is 5.37. The first-order chi connectivity index (χ1) is 14.7. The molecule has 1 atom stereocenters. The molecule has 2 heterocycles. The van der Waals surface area contributed by atoms with Crippen LogP contribution in [0.1, 0.15) is 17.5 Å². The van der Waals surface area contributed by atoms with E-state index in [1.54, 1.807) is 24.5 Å². The molecule has 1 N–H and O–H groups in total. The first-order valence-corrected chi connectivity index (χ1v) is 9.89. The second-order valence-electron chi connectivity index (χ2n) is 7.30. The number of para-hydroxylation sites is 2. The Bertz CT molecular complexity index is 1030. The molecule has 30 heavy (non-hydrogen) atoms. The minimum Gasteiger partial charge on any atom is -0.496 e. The summed E-state index contributed by atoms with van der Waals surface area (Å²) in [7, 11) is 1.61. The summed E-state index contributed by atoms with van der Waals surface area (Å²) in [6.07, 6.45) is 5.54. The minimum absolute atomic E-state index is 0.0140. The van der Waals surface area contributed by atoms with Gasteiger partial charge in [0.2, 0.25) is 11.8 Å². The Morgan fingerprint density at radius 1 is 1.17 bits per heavy atom. The van der Waals surface area contributed by atoms with Gasteiger partial charge in [0, 0.05) is 44.0 Å². The summed E-state index contributed by atoms with van der Waals surface area (Å²) in [5, 5.41) is 2.99. The maximum absolute atomic E-state index is 12.7. The van der Waals surface area contributed by atoms with Gasteiger partial charge in [-0.05, 0) is 17.7 Å². The van der Waals surface area contributed by atoms with Gasteiger partial charge in [0.25, 0.3) is 0 Å². The summed E-state index contributed by atoms with van der Waals surface area (Å²) in [5.74, 6) is 0.271. The van der Waals surface area contributed by atoms with Crippen LogP contribution in [0, 0.1) is 5.92 Å². The Balaban J connectivity index is 1.38. The van der Waals surface area contributed by atoms with E-state index in [9.17, 15) is 9.59 Å². The molecule has 0 spiro atoms. The van der Waals surface area contributed by atoms with Crippen LogP contribution in [-0.2, 0) is 22.7 Å². The largest absolute Gasteiger partial charge is 0.496 e. The molecule has 7 heteroatoms. The van der Waals surface area contributed by atoms with Gasteiger partial charge >= 0.3 is 0 Å². The van der Waals surface area contributed by atoms with Crippen molar-refractivity contribution in [2.75, 3.05) is 13.7 Å². The molecule has 1 aliphatic rings. The van der Waals surface area contributed by atoms with E-state index in [-0.39, 0.29) is 24.2 Å². The Kier molecular flexibility index (Phi) is 5.79. The Hall–Kier alpha value is -3.61. The number of methoxy groups -OCH3 is 1. The first-order valence-electron chi connectivity index (χ1n) is 9.89. The van der Waals surface area contributed by atoms with Crippen LogP contribution in [0.2, 0.25) is 0 Å². The molecule has 154 valence electrons. The molecular formula is C23H24N4O3. The van der Waals surface area contributed by atoms with Gasteiger partial charge in [-0.1, -0.05) is 36.4 Å². The molecule has 1 aromatic heterocycles. The van der Waals surface area contributed by atoms with Gasteiger partial charge in [-0.15, -0.1) is 0 Å². The number of hydrogen-bond acceptors (Lipinski definition) is 4. The van der Waals surface area contributed by atoms with Crippen molar-refractivity contribution in [1.29, 1.82) is 0 Å². The van der Waals surface area contributed by atoms with E-state index in [1.165, 1.54) is 0 Å². The lowest BCUT2D eigenvalue weighted by molar-refractivity contribution is -0.129. The average Bonchev–Trinajstić information content (AvgIpc) is 3.43. The molecular weight excluding hydrogens is 380 g/mol. The minimum atomic E-state index is -0.354. The van der Waals surface area contributed by atoms with Gasteiger partial charge in [-0.25, -0.2) is 4.98 Å². The highest BCUT2D eigenvalue weighted by Gasteiger charge is 2.34. The monoisotopic (exact) mass is 404 g/mol. The number of amides is 2. The van der Waals surface area contributed by atoms with Crippen molar-refractivity contribution in [2.24, 2.45) is 5.92 Å². The van der Waals surface area contributed by atoms with Gasteiger partial charge in [-0.3, -0.25) is 9.59 Å². The van der Waals surface area contributed by atoms with Gasteiger partial charge in [0.1, 0.15) is 5.75 Å². The molecule has 4 rings (SSSR count). The number of carbonyl (C=O) groups excluding carboxylic acids is 2. The topological polar surface area (TPSA) is 76.5 Å². The Morgan fingerprint density at radius 2 is 1.93 bits per heavy atom. The lowest BCUT2D eigenvalue weighted by atomic mass is 10.1. The number of nitrogens with zero attached hydrogens (tertiary/aromatic N) is 3. The predicted octanol–water partition coefficient (Wildman–Crippen LogP) is 2.55. The van der Waals surface area contributed by atoms with E-state index in [4.69, 9.17) is 4.74 Å². The summed E-state index contributed by atoms with van der Waals surface area (Å²) in [4.78, 5) is 31.0. The quantitative estimate of drug-likeness (QED) is 0.657.